The molecule has 1 N–H and O–H groups in total. The minimum atomic E-state index is -0.683. The first kappa shape index (κ1) is 14.6. The molecule has 1 aromatic rings. The molecule has 4 nitrogen and oxygen atoms in total. The summed E-state index contributed by atoms with van der Waals surface area (Å²) in [4.78, 5) is 26.7. The molecule has 3 rings (SSSR count). The summed E-state index contributed by atoms with van der Waals surface area (Å²) in [5.41, 5.74) is 1.22. The van der Waals surface area contributed by atoms with Crippen LogP contribution in [-0.2, 0) is 9.59 Å². The van der Waals surface area contributed by atoms with Crippen molar-refractivity contribution >= 4 is 33.4 Å². The van der Waals surface area contributed by atoms with Crippen LogP contribution in [0.25, 0.3) is 0 Å². The Kier molecular flexibility index (Phi) is 3.78. The fourth-order valence-corrected chi connectivity index (χ4v) is 4.06. The summed E-state index contributed by atoms with van der Waals surface area (Å²) in [6, 6.07) is 5.85. The van der Waals surface area contributed by atoms with Crippen molar-refractivity contribution in [3.05, 3.63) is 28.2 Å². The Labute approximate surface area is 133 Å². The third-order valence-electron chi connectivity index (χ3n) is 4.44. The first-order chi connectivity index (χ1) is 10.0. The number of benzene rings is 1. The molecule has 1 aliphatic carbocycles. The Morgan fingerprint density at radius 1 is 1.19 bits per heavy atom. The number of halogens is 1. The highest BCUT2D eigenvalue weighted by Crippen LogP contribution is 2.36. The van der Waals surface area contributed by atoms with E-state index in [1.165, 1.54) is 0 Å². The molecule has 1 heterocycles. The molecule has 1 spiro atoms. The number of hydrogen-bond donors (Lipinski definition) is 1. The highest BCUT2D eigenvalue weighted by Gasteiger charge is 2.47. The quantitative estimate of drug-likeness (QED) is 0.846. The van der Waals surface area contributed by atoms with Crippen LogP contribution in [-0.4, -0.2) is 23.9 Å². The second kappa shape index (κ2) is 5.44. The van der Waals surface area contributed by atoms with Gasteiger partial charge in [0.2, 0.25) is 5.91 Å². The lowest BCUT2D eigenvalue weighted by molar-refractivity contribution is -0.137. The van der Waals surface area contributed by atoms with Crippen LogP contribution in [0.15, 0.2) is 22.7 Å². The molecule has 1 saturated carbocycles. The van der Waals surface area contributed by atoms with Gasteiger partial charge in [0.15, 0.2) is 0 Å². The lowest BCUT2D eigenvalue weighted by Crippen LogP contribution is -2.67. The Morgan fingerprint density at radius 2 is 1.90 bits per heavy atom. The summed E-state index contributed by atoms with van der Waals surface area (Å²) in [5, 5.41) is 2.97. The third kappa shape index (κ3) is 2.59. The minimum Gasteiger partial charge on any atom is -0.340 e. The van der Waals surface area contributed by atoms with Gasteiger partial charge in [-0.25, -0.2) is 0 Å². The summed E-state index contributed by atoms with van der Waals surface area (Å²) in [6.07, 6.45) is 4.62. The predicted molar refractivity (Wildman–Crippen MR) is 85.2 cm³/mol. The maximum absolute atomic E-state index is 13.0. The highest BCUT2D eigenvalue weighted by atomic mass is 79.9. The molecule has 2 aliphatic rings. The number of nitrogens with one attached hydrogen (secondary N) is 1. The van der Waals surface area contributed by atoms with E-state index in [4.69, 9.17) is 0 Å². The molecule has 1 aliphatic heterocycles. The largest absolute Gasteiger partial charge is 0.340 e. The second-order valence-corrected chi connectivity index (χ2v) is 6.89. The maximum Gasteiger partial charge on any atom is 0.253 e. The fraction of sp³-hybridized carbons (Fsp3) is 0.500. The van der Waals surface area contributed by atoms with E-state index in [-0.39, 0.29) is 18.4 Å². The average molecular weight is 351 g/mol. The molecule has 21 heavy (non-hydrogen) atoms. The molecule has 0 radical (unpaired) electrons. The number of piperazine rings is 1. The SMILES string of the molecule is Cc1ccc(N2CC(=O)NC3(CCCCC3)C2=O)c(Br)c1. The van der Waals surface area contributed by atoms with Gasteiger partial charge in [-0.1, -0.05) is 25.3 Å². The predicted octanol–water partition coefficient (Wildman–Crippen LogP) is 2.92. The highest BCUT2D eigenvalue weighted by molar-refractivity contribution is 9.10. The maximum atomic E-state index is 13.0. The average Bonchev–Trinajstić information content (AvgIpc) is 2.44. The summed E-state index contributed by atoms with van der Waals surface area (Å²) < 4.78 is 0.858. The number of rotatable bonds is 1. The number of amides is 2. The molecule has 0 unspecified atom stereocenters. The van der Waals surface area contributed by atoms with Crippen LogP contribution in [0, 0.1) is 6.92 Å². The monoisotopic (exact) mass is 350 g/mol. The van der Waals surface area contributed by atoms with Crippen LogP contribution in [0.1, 0.15) is 37.7 Å². The van der Waals surface area contributed by atoms with Gasteiger partial charge in [-0.2, -0.15) is 0 Å². The smallest absolute Gasteiger partial charge is 0.253 e. The molecule has 0 bridgehead atoms. The lowest BCUT2D eigenvalue weighted by Gasteiger charge is -2.44. The van der Waals surface area contributed by atoms with E-state index in [0.717, 1.165) is 47.8 Å². The number of aryl methyl sites for hydroxylation is 1. The molecule has 1 aromatic carbocycles. The van der Waals surface area contributed by atoms with Gasteiger partial charge in [-0.05, 0) is 53.4 Å². The molecule has 2 amide bonds. The number of anilines is 1. The van der Waals surface area contributed by atoms with Crippen LogP contribution < -0.4 is 10.2 Å². The summed E-state index contributed by atoms with van der Waals surface area (Å²) in [7, 11) is 0. The number of hydrogen-bond acceptors (Lipinski definition) is 2. The van der Waals surface area contributed by atoms with Crippen molar-refractivity contribution in [2.24, 2.45) is 0 Å². The van der Waals surface area contributed by atoms with Gasteiger partial charge >= 0.3 is 0 Å². The summed E-state index contributed by atoms with van der Waals surface area (Å²) >= 11 is 3.52. The van der Waals surface area contributed by atoms with Crippen molar-refractivity contribution in [1.29, 1.82) is 0 Å². The molecule has 112 valence electrons. The minimum absolute atomic E-state index is 0.0337. The topological polar surface area (TPSA) is 49.4 Å². The van der Waals surface area contributed by atoms with Crippen molar-refractivity contribution in [2.75, 3.05) is 11.4 Å². The summed E-state index contributed by atoms with van der Waals surface area (Å²) in [6.45, 7) is 2.10. The van der Waals surface area contributed by atoms with E-state index >= 15 is 0 Å². The van der Waals surface area contributed by atoms with E-state index in [1.807, 2.05) is 25.1 Å². The normalized spacial score (nSPS) is 21.5. The zero-order chi connectivity index (χ0) is 15.0. The molecule has 2 fully saturated rings. The van der Waals surface area contributed by atoms with Crippen molar-refractivity contribution in [3.63, 3.8) is 0 Å². The Morgan fingerprint density at radius 3 is 2.57 bits per heavy atom. The number of carbonyl (C=O) groups is 2. The zero-order valence-electron chi connectivity index (χ0n) is 12.1. The molecule has 1 saturated heterocycles. The van der Waals surface area contributed by atoms with Gasteiger partial charge < -0.3 is 5.32 Å². The van der Waals surface area contributed by atoms with Gasteiger partial charge in [0.1, 0.15) is 12.1 Å². The molecule has 0 aromatic heterocycles. The van der Waals surface area contributed by atoms with Crippen LogP contribution >= 0.6 is 15.9 Å². The van der Waals surface area contributed by atoms with Crippen LogP contribution in [0.2, 0.25) is 0 Å². The zero-order valence-corrected chi connectivity index (χ0v) is 13.7. The Hall–Kier alpha value is -1.36. The first-order valence-electron chi connectivity index (χ1n) is 7.41. The van der Waals surface area contributed by atoms with Crippen LogP contribution in [0.3, 0.4) is 0 Å². The van der Waals surface area contributed by atoms with E-state index in [9.17, 15) is 9.59 Å². The van der Waals surface area contributed by atoms with E-state index in [0.29, 0.717) is 0 Å². The number of carbonyl (C=O) groups excluding carboxylic acids is 2. The third-order valence-corrected chi connectivity index (χ3v) is 5.07. The standard InChI is InChI=1S/C16H19BrN2O2/c1-11-5-6-13(12(17)9-11)19-10-14(20)18-16(15(19)21)7-3-2-4-8-16/h5-6,9H,2-4,7-8,10H2,1H3,(H,18,20). The lowest BCUT2D eigenvalue weighted by atomic mass is 9.79. The first-order valence-corrected chi connectivity index (χ1v) is 8.20. The fourth-order valence-electron chi connectivity index (χ4n) is 3.35. The van der Waals surface area contributed by atoms with Crippen LogP contribution in [0.4, 0.5) is 5.69 Å². The molecule has 5 heteroatoms. The van der Waals surface area contributed by atoms with Gasteiger partial charge in [0.05, 0.1) is 5.69 Å². The van der Waals surface area contributed by atoms with Gasteiger partial charge in [0.25, 0.3) is 5.91 Å². The number of nitrogens with zero attached hydrogens (tertiary/aromatic N) is 1. The van der Waals surface area contributed by atoms with E-state index < -0.39 is 5.54 Å². The van der Waals surface area contributed by atoms with Gasteiger partial charge in [-0.15, -0.1) is 0 Å². The Balaban J connectivity index is 1.97. The Bertz CT molecular complexity index is 594. The molecule has 0 atom stereocenters. The second-order valence-electron chi connectivity index (χ2n) is 6.04. The molecular weight excluding hydrogens is 332 g/mol. The van der Waals surface area contributed by atoms with Crippen LogP contribution in [0.5, 0.6) is 0 Å². The summed E-state index contributed by atoms with van der Waals surface area (Å²) in [5.74, 6) is -0.0321. The van der Waals surface area contributed by atoms with Crippen molar-refractivity contribution in [1.82, 2.24) is 5.32 Å². The molecular formula is C16H19BrN2O2. The van der Waals surface area contributed by atoms with E-state index in [1.54, 1.807) is 4.90 Å². The van der Waals surface area contributed by atoms with Crippen molar-refractivity contribution < 1.29 is 9.59 Å². The van der Waals surface area contributed by atoms with E-state index in [2.05, 4.69) is 21.2 Å². The van der Waals surface area contributed by atoms with Gasteiger partial charge in [-0.3, -0.25) is 14.5 Å². The van der Waals surface area contributed by atoms with Crippen molar-refractivity contribution in [3.8, 4) is 0 Å². The van der Waals surface area contributed by atoms with Crippen molar-refractivity contribution in [2.45, 2.75) is 44.6 Å². The van der Waals surface area contributed by atoms with Gasteiger partial charge in [0, 0.05) is 4.47 Å².